The number of halogens is 2. The van der Waals surface area contributed by atoms with Crippen LogP contribution in [0.25, 0.3) is 33.7 Å². The molecule has 0 aliphatic carbocycles. The zero-order chi connectivity index (χ0) is 27.8. The molecule has 0 unspecified atom stereocenters. The first kappa shape index (κ1) is 27.3. The number of likely N-dealkylation sites (tertiary alicyclic amines) is 1. The largest absolute Gasteiger partial charge is 0.354 e. The number of carbonyl (C=O) groups excluding carboxylic acids is 1. The van der Waals surface area contributed by atoms with E-state index in [-0.39, 0.29) is 11.9 Å². The third-order valence-corrected chi connectivity index (χ3v) is 9.79. The number of nitrogens with zero attached hydrogens (tertiary/aromatic N) is 5. The average molecular weight is 613 g/mol. The number of aromatic nitrogens is 4. The molecule has 6 rings (SSSR count). The van der Waals surface area contributed by atoms with Gasteiger partial charge in [0.15, 0.2) is 10.9 Å². The Labute approximate surface area is 250 Å². The number of para-hydroxylation sites is 2. The topological polar surface area (TPSA) is 77.0 Å². The Morgan fingerprint density at radius 1 is 1.07 bits per heavy atom. The van der Waals surface area contributed by atoms with Crippen molar-refractivity contribution in [1.82, 2.24) is 24.6 Å². The summed E-state index contributed by atoms with van der Waals surface area (Å²) in [6.07, 6.45) is 1.78. The molecule has 1 saturated heterocycles. The fraction of sp³-hybridized carbons (Fsp3) is 0.310. The molecule has 1 aliphatic heterocycles. The third-order valence-electron chi connectivity index (χ3n) is 7.10. The van der Waals surface area contributed by atoms with Crippen LogP contribution < -0.4 is 0 Å². The molecule has 0 spiro atoms. The second-order valence-electron chi connectivity index (χ2n) is 10.1. The Morgan fingerprint density at radius 3 is 2.65 bits per heavy atom. The van der Waals surface area contributed by atoms with Crippen molar-refractivity contribution >= 4 is 63.2 Å². The zero-order valence-corrected chi connectivity index (χ0v) is 25.2. The van der Waals surface area contributed by atoms with E-state index in [9.17, 15) is 4.79 Å². The lowest BCUT2D eigenvalue weighted by Gasteiger charge is -2.31. The molecule has 4 heterocycles. The number of piperidine rings is 1. The molecule has 1 fully saturated rings. The van der Waals surface area contributed by atoms with Crippen molar-refractivity contribution in [3.8, 4) is 22.7 Å². The van der Waals surface area contributed by atoms with Gasteiger partial charge in [0, 0.05) is 42.1 Å². The van der Waals surface area contributed by atoms with Gasteiger partial charge in [-0.25, -0.2) is 9.97 Å². The number of rotatable bonds is 7. The van der Waals surface area contributed by atoms with Crippen molar-refractivity contribution < 1.29 is 9.32 Å². The summed E-state index contributed by atoms with van der Waals surface area (Å²) in [6.45, 7) is 5.74. The number of hydrogen-bond acceptors (Lipinski definition) is 7. The van der Waals surface area contributed by atoms with Crippen LogP contribution in [0, 0.1) is 0 Å². The number of imidazole rings is 1. The molecular formula is C29H27Cl2N5O2S2. The number of thiazole rings is 1. The maximum atomic E-state index is 13.1. The van der Waals surface area contributed by atoms with Crippen LogP contribution in [0.3, 0.4) is 0 Å². The maximum Gasteiger partial charge on any atom is 0.233 e. The minimum atomic E-state index is 0.155. The first-order chi connectivity index (χ1) is 19.4. The van der Waals surface area contributed by atoms with Crippen LogP contribution in [0.15, 0.2) is 63.6 Å². The molecule has 0 N–H and O–H groups in total. The Morgan fingerprint density at radius 2 is 1.88 bits per heavy atom. The highest BCUT2D eigenvalue weighted by Crippen LogP contribution is 2.35. The summed E-state index contributed by atoms with van der Waals surface area (Å²) in [4.78, 5) is 24.7. The van der Waals surface area contributed by atoms with Gasteiger partial charge in [0.05, 0.1) is 31.8 Å². The van der Waals surface area contributed by atoms with Crippen LogP contribution in [0.4, 0.5) is 0 Å². The number of fused-ring (bicyclic) bond motifs is 1. The molecule has 7 nitrogen and oxygen atoms in total. The number of carbonyl (C=O) groups is 1. The van der Waals surface area contributed by atoms with Gasteiger partial charge < -0.3 is 14.0 Å². The number of benzene rings is 2. The summed E-state index contributed by atoms with van der Waals surface area (Å²) in [6, 6.07) is 15.6. The fourth-order valence-electron chi connectivity index (χ4n) is 4.99. The number of amides is 1. The van der Waals surface area contributed by atoms with E-state index in [1.807, 2.05) is 40.6 Å². The highest BCUT2D eigenvalue weighted by Gasteiger charge is 2.27. The lowest BCUT2D eigenvalue weighted by molar-refractivity contribution is -0.129. The van der Waals surface area contributed by atoms with Gasteiger partial charge in [-0.1, -0.05) is 58.3 Å². The molecule has 40 heavy (non-hydrogen) atoms. The predicted molar refractivity (Wildman–Crippen MR) is 162 cm³/mol. The predicted octanol–water partition coefficient (Wildman–Crippen LogP) is 8.20. The molecule has 3 aromatic heterocycles. The van der Waals surface area contributed by atoms with Gasteiger partial charge in [0.2, 0.25) is 5.91 Å². The van der Waals surface area contributed by atoms with E-state index in [1.54, 1.807) is 23.5 Å². The van der Waals surface area contributed by atoms with E-state index in [4.69, 9.17) is 37.7 Å². The van der Waals surface area contributed by atoms with Crippen LogP contribution in [0.5, 0.6) is 0 Å². The molecule has 0 radical (unpaired) electrons. The van der Waals surface area contributed by atoms with Gasteiger partial charge in [0.1, 0.15) is 11.4 Å². The van der Waals surface area contributed by atoms with Gasteiger partial charge in [-0.15, -0.1) is 11.3 Å². The standard InChI is InChI=1S/C29H27Cl2N5O2S2/c1-17(2)36-25-6-4-3-5-22(25)33-29(36)40-16-27(37)35-11-9-18(10-12-35)28-32-24(15-39-28)26-14-23(34-38-26)19-7-8-20(30)21(31)13-19/h3-8,13-15,17-18H,9-12,16H2,1-2H3. The second kappa shape index (κ2) is 11.6. The normalized spacial score (nSPS) is 14.5. The summed E-state index contributed by atoms with van der Waals surface area (Å²) in [5, 5.41) is 9.12. The van der Waals surface area contributed by atoms with Gasteiger partial charge in [0.25, 0.3) is 0 Å². The van der Waals surface area contributed by atoms with Gasteiger partial charge in [-0.3, -0.25) is 4.79 Å². The molecule has 0 atom stereocenters. The van der Waals surface area contributed by atoms with Crippen molar-refractivity contribution in [2.24, 2.45) is 0 Å². The van der Waals surface area contributed by atoms with Crippen molar-refractivity contribution in [3.05, 3.63) is 69.0 Å². The monoisotopic (exact) mass is 611 g/mol. The Hall–Kier alpha value is -2.85. The van der Waals surface area contributed by atoms with E-state index in [0.717, 1.165) is 58.4 Å². The quantitative estimate of drug-likeness (QED) is 0.173. The number of hydrogen-bond donors (Lipinski definition) is 0. The van der Waals surface area contributed by atoms with Crippen molar-refractivity contribution in [3.63, 3.8) is 0 Å². The van der Waals surface area contributed by atoms with E-state index >= 15 is 0 Å². The van der Waals surface area contributed by atoms with Crippen LogP contribution in [0.1, 0.15) is 43.7 Å². The van der Waals surface area contributed by atoms with Crippen LogP contribution in [-0.2, 0) is 4.79 Å². The van der Waals surface area contributed by atoms with Crippen molar-refractivity contribution in [2.75, 3.05) is 18.8 Å². The van der Waals surface area contributed by atoms with Gasteiger partial charge in [-0.2, -0.15) is 0 Å². The van der Waals surface area contributed by atoms with Crippen LogP contribution >= 0.6 is 46.3 Å². The molecule has 11 heteroatoms. The van der Waals surface area contributed by atoms with E-state index < -0.39 is 0 Å². The summed E-state index contributed by atoms with van der Waals surface area (Å²) < 4.78 is 7.80. The highest BCUT2D eigenvalue weighted by molar-refractivity contribution is 7.99. The van der Waals surface area contributed by atoms with Crippen LogP contribution in [0.2, 0.25) is 10.0 Å². The molecule has 1 aliphatic rings. The van der Waals surface area contributed by atoms with Gasteiger partial charge >= 0.3 is 0 Å². The average Bonchev–Trinajstić information content (AvgIpc) is 3.71. The Kier molecular flexibility index (Phi) is 7.90. The molecule has 0 bridgehead atoms. The third kappa shape index (κ3) is 5.52. The van der Waals surface area contributed by atoms with E-state index in [2.05, 4.69) is 29.6 Å². The van der Waals surface area contributed by atoms with Crippen LogP contribution in [-0.4, -0.2) is 49.3 Å². The molecule has 1 amide bonds. The van der Waals surface area contributed by atoms with E-state index in [1.165, 1.54) is 11.8 Å². The molecule has 0 saturated carbocycles. The first-order valence-electron chi connectivity index (χ1n) is 13.1. The maximum absolute atomic E-state index is 13.1. The summed E-state index contributed by atoms with van der Waals surface area (Å²) >= 11 is 15.3. The fourth-order valence-corrected chi connectivity index (χ4v) is 7.32. The second-order valence-corrected chi connectivity index (χ2v) is 12.7. The highest BCUT2D eigenvalue weighted by atomic mass is 35.5. The minimum absolute atomic E-state index is 0.155. The first-order valence-corrected chi connectivity index (χ1v) is 15.7. The smallest absolute Gasteiger partial charge is 0.233 e. The van der Waals surface area contributed by atoms with E-state index in [0.29, 0.717) is 33.2 Å². The van der Waals surface area contributed by atoms with Crippen molar-refractivity contribution in [2.45, 2.75) is 43.8 Å². The Bertz CT molecular complexity index is 1670. The summed E-state index contributed by atoms with van der Waals surface area (Å²) in [7, 11) is 0. The summed E-state index contributed by atoms with van der Waals surface area (Å²) in [5.41, 5.74) is 4.34. The molecule has 206 valence electrons. The zero-order valence-electron chi connectivity index (χ0n) is 22.0. The SMILES string of the molecule is CC(C)n1c(SCC(=O)N2CCC(c3nc(-c4cc(-c5ccc(Cl)c(Cl)c5)no4)cs3)CC2)nc2ccccc21. The number of thioether (sulfide) groups is 1. The molecule has 5 aromatic rings. The lowest BCUT2D eigenvalue weighted by atomic mass is 9.97. The molecule has 2 aromatic carbocycles. The minimum Gasteiger partial charge on any atom is -0.354 e. The lowest BCUT2D eigenvalue weighted by Crippen LogP contribution is -2.39. The van der Waals surface area contributed by atoms with Gasteiger partial charge in [-0.05, 0) is 51.0 Å². The van der Waals surface area contributed by atoms with Crippen molar-refractivity contribution in [1.29, 1.82) is 0 Å². The summed E-state index contributed by atoms with van der Waals surface area (Å²) in [5.74, 6) is 1.47. The molecular weight excluding hydrogens is 585 g/mol. The Balaban J connectivity index is 1.06.